The van der Waals surface area contributed by atoms with Gasteiger partial charge in [0.15, 0.2) is 11.1 Å². The van der Waals surface area contributed by atoms with E-state index in [9.17, 15) is 14.7 Å². The smallest absolute Gasteiger partial charge is 0.341 e. The molecule has 0 spiro atoms. The normalized spacial score (nSPS) is 11.1. The van der Waals surface area contributed by atoms with E-state index in [4.69, 9.17) is 9.52 Å². The first-order valence-electron chi connectivity index (χ1n) is 5.78. The Morgan fingerprint density at radius 2 is 2.00 bits per heavy atom. The maximum absolute atomic E-state index is 12.3. The van der Waals surface area contributed by atoms with Crippen molar-refractivity contribution in [3.8, 4) is 5.88 Å². The van der Waals surface area contributed by atoms with Gasteiger partial charge >= 0.3 is 5.97 Å². The highest BCUT2D eigenvalue weighted by Crippen LogP contribution is 2.23. The van der Waals surface area contributed by atoms with Crippen LogP contribution in [0.3, 0.4) is 0 Å². The van der Waals surface area contributed by atoms with Gasteiger partial charge in [0.05, 0.1) is 5.39 Å². The van der Waals surface area contributed by atoms with Crippen LogP contribution in [0.2, 0.25) is 0 Å². The van der Waals surface area contributed by atoms with Gasteiger partial charge in [0, 0.05) is 6.07 Å². The number of pyridine rings is 1. The molecule has 6 nitrogen and oxygen atoms in total. The minimum absolute atomic E-state index is 0.0292. The van der Waals surface area contributed by atoms with E-state index in [-0.39, 0.29) is 11.1 Å². The summed E-state index contributed by atoms with van der Waals surface area (Å²) in [5, 5.41) is 18.8. The first kappa shape index (κ1) is 12.2. The molecule has 0 bridgehead atoms. The third kappa shape index (κ3) is 1.70. The Bertz CT molecular complexity index is 926. The molecule has 0 unspecified atom stereocenters. The summed E-state index contributed by atoms with van der Waals surface area (Å²) >= 11 is 0. The van der Waals surface area contributed by atoms with Crippen molar-refractivity contribution in [2.75, 3.05) is 0 Å². The molecule has 2 aromatic heterocycles. The Hall–Kier alpha value is -2.89. The van der Waals surface area contributed by atoms with Crippen LogP contribution in [0.15, 0.2) is 33.5 Å². The molecule has 1 aromatic carbocycles. The maximum atomic E-state index is 12.3. The van der Waals surface area contributed by atoms with Crippen LogP contribution in [0.5, 0.6) is 5.88 Å². The molecule has 0 aliphatic heterocycles. The fourth-order valence-corrected chi connectivity index (χ4v) is 2.04. The van der Waals surface area contributed by atoms with Crippen LogP contribution in [0, 0.1) is 6.92 Å². The van der Waals surface area contributed by atoms with E-state index < -0.39 is 22.8 Å². The number of fused-ring (bicyclic) bond motifs is 2. The monoisotopic (exact) mass is 271 g/mol. The highest BCUT2D eigenvalue weighted by atomic mass is 16.4. The maximum Gasteiger partial charge on any atom is 0.341 e. The number of rotatable bonds is 1. The number of nitrogens with zero attached hydrogens (tertiary/aromatic N) is 1. The summed E-state index contributed by atoms with van der Waals surface area (Å²) in [6.07, 6.45) is 0. The van der Waals surface area contributed by atoms with Crippen LogP contribution in [0.1, 0.15) is 15.9 Å². The lowest BCUT2D eigenvalue weighted by Crippen LogP contribution is -2.07. The molecular weight excluding hydrogens is 262 g/mol. The second-order valence-corrected chi connectivity index (χ2v) is 4.44. The number of aromatic nitrogens is 1. The molecule has 0 atom stereocenters. The van der Waals surface area contributed by atoms with Crippen molar-refractivity contribution in [3.63, 3.8) is 0 Å². The number of aromatic carboxylic acids is 1. The number of hydrogen-bond donors (Lipinski definition) is 2. The zero-order valence-corrected chi connectivity index (χ0v) is 10.4. The Kier molecular flexibility index (Phi) is 2.47. The molecule has 6 heteroatoms. The fraction of sp³-hybridized carbons (Fsp3) is 0.0714. The number of hydrogen-bond acceptors (Lipinski definition) is 5. The molecule has 3 rings (SSSR count). The van der Waals surface area contributed by atoms with Crippen molar-refractivity contribution < 1.29 is 19.4 Å². The molecule has 2 N–H and O–H groups in total. The first-order valence-corrected chi connectivity index (χ1v) is 5.78. The SMILES string of the molecule is Cc1ccc2oc3cc(C(=O)O)c(O)nc3c(=O)c2c1. The molecule has 0 fully saturated rings. The largest absolute Gasteiger partial charge is 0.493 e. The fourth-order valence-electron chi connectivity index (χ4n) is 2.04. The molecule has 0 aliphatic rings. The van der Waals surface area contributed by atoms with Crippen LogP contribution in [0.4, 0.5) is 0 Å². The standard InChI is InChI=1S/C14H9NO5/c1-6-2-3-9-7(4-6)12(16)11-10(20-9)5-8(14(18)19)13(17)15-11/h2-5H,1H3,(H,15,17)(H,18,19). The quantitative estimate of drug-likeness (QED) is 0.657. The number of benzene rings is 1. The van der Waals surface area contributed by atoms with Gasteiger partial charge in [-0.25, -0.2) is 9.78 Å². The van der Waals surface area contributed by atoms with E-state index in [0.29, 0.717) is 11.0 Å². The molecule has 0 saturated carbocycles. The lowest BCUT2D eigenvalue weighted by atomic mass is 10.1. The summed E-state index contributed by atoms with van der Waals surface area (Å²) in [5.74, 6) is -2.05. The summed E-state index contributed by atoms with van der Waals surface area (Å²) in [6, 6.07) is 6.17. The lowest BCUT2D eigenvalue weighted by molar-refractivity contribution is 0.0693. The van der Waals surface area contributed by atoms with Crippen LogP contribution in [0.25, 0.3) is 22.1 Å². The molecule has 0 aliphatic carbocycles. The van der Waals surface area contributed by atoms with Crippen LogP contribution in [-0.2, 0) is 0 Å². The summed E-state index contributed by atoms with van der Waals surface area (Å²) in [4.78, 5) is 26.9. The highest BCUT2D eigenvalue weighted by molar-refractivity contribution is 5.95. The minimum Gasteiger partial charge on any atom is -0.493 e. The van der Waals surface area contributed by atoms with Gasteiger partial charge < -0.3 is 14.6 Å². The topological polar surface area (TPSA) is 101 Å². The van der Waals surface area contributed by atoms with Gasteiger partial charge in [-0.15, -0.1) is 0 Å². The van der Waals surface area contributed by atoms with E-state index in [0.717, 1.165) is 11.6 Å². The van der Waals surface area contributed by atoms with Gasteiger partial charge in [0.25, 0.3) is 0 Å². The van der Waals surface area contributed by atoms with E-state index in [1.165, 1.54) is 0 Å². The molecular formula is C14H9NO5. The van der Waals surface area contributed by atoms with Gasteiger partial charge in [0.1, 0.15) is 11.1 Å². The molecule has 0 saturated heterocycles. The minimum atomic E-state index is -1.34. The van der Waals surface area contributed by atoms with Gasteiger partial charge in [-0.1, -0.05) is 11.6 Å². The van der Waals surface area contributed by atoms with Crippen molar-refractivity contribution in [2.45, 2.75) is 6.92 Å². The zero-order chi connectivity index (χ0) is 14.4. The van der Waals surface area contributed by atoms with E-state index in [1.54, 1.807) is 18.2 Å². The highest BCUT2D eigenvalue weighted by Gasteiger charge is 2.17. The van der Waals surface area contributed by atoms with Crippen molar-refractivity contribution >= 4 is 28.0 Å². The Labute approximate surface area is 111 Å². The van der Waals surface area contributed by atoms with Gasteiger partial charge in [-0.2, -0.15) is 0 Å². The molecule has 3 aromatic rings. The predicted molar refractivity (Wildman–Crippen MR) is 71.1 cm³/mol. The van der Waals surface area contributed by atoms with Crippen LogP contribution >= 0.6 is 0 Å². The van der Waals surface area contributed by atoms with Crippen molar-refractivity contribution in [2.24, 2.45) is 0 Å². The van der Waals surface area contributed by atoms with Crippen molar-refractivity contribution in [3.05, 3.63) is 45.6 Å². The van der Waals surface area contributed by atoms with E-state index in [1.807, 2.05) is 6.92 Å². The summed E-state index contributed by atoms with van der Waals surface area (Å²) in [5.41, 5.74) is 0.351. The molecule has 2 heterocycles. The zero-order valence-electron chi connectivity index (χ0n) is 10.4. The van der Waals surface area contributed by atoms with Gasteiger partial charge in [-0.05, 0) is 19.1 Å². The number of carboxylic acid groups (broad SMARTS) is 1. The third-order valence-corrected chi connectivity index (χ3v) is 3.01. The number of aromatic hydroxyl groups is 1. The van der Waals surface area contributed by atoms with Gasteiger partial charge in [0.2, 0.25) is 11.3 Å². The van der Waals surface area contributed by atoms with Crippen LogP contribution in [-0.4, -0.2) is 21.2 Å². The van der Waals surface area contributed by atoms with E-state index >= 15 is 0 Å². The lowest BCUT2D eigenvalue weighted by Gasteiger charge is -2.04. The van der Waals surface area contributed by atoms with Crippen molar-refractivity contribution in [1.82, 2.24) is 4.98 Å². The van der Waals surface area contributed by atoms with E-state index in [2.05, 4.69) is 4.98 Å². The second-order valence-electron chi connectivity index (χ2n) is 4.44. The Morgan fingerprint density at radius 3 is 2.70 bits per heavy atom. The Morgan fingerprint density at radius 1 is 1.25 bits per heavy atom. The molecule has 100 valence electrons. The predicted octanol–water partition coefficient (Wildman–Crippen LogP) is 2.05. The average molecular weight is 271 g/mol. The summed E-state index contributed by atoms with van der Waals surface area (Å²) in [7, 11) is 0. The Balaban J connectivity index is 2.50. The molecule has 20 heavy (non-hydrogen) atoms. The molecule has 0 radical (unpaired) electrons. The van der Waals surface area contributed by atoms with Gasteiger partial charge in [-0.3, -0.25) is 4.79 Å². The summed E-state index contributed by atoms with van der Waals surface area (Å²) in [6.45, 7) is 1.83. The number of carboxylic acids is 1. The second kappa shape index (κ2) is 4.06. The number of carbonyl (C=O) groups is 1. The van der Waals surface area contributed by atoms with Crippen molar-refractivity contribution in [1.29, 1.82) is 0 Å². The summed E-state index contributed by atoms with van der Waals surface area (Å²) < 4.78 is 5.49. The van der Waals surface area contributed by atoms with Crippen LogP contribution < -0.4 is 5.43 Å². The number of aryl methyl sites for hydroxylation is 1. The third-order valence-electron chi connectivity index (χ3n) is 3.01. The first-order chi connectivity index (χ1) is 9.47. The average Bonchev–Trinajstić information content (AvgIpc) is 2.40. The molecule has 0 amide bonds.